The van der Waals surface area contributed by atoms with Gasteiger partial charge in [0.05, 0.1) is 13.2 Å². The lowest BCUT2D eigenvalue weighted by Crippen LogP contribution is -2.40. The first kappa shape index (κ1) is 18.6. The van der Waals surface area contributed by atoms with E-state index in [-0.39, 0.29) is 18.6 Å². The van der Waals surface area contributed by atoms with Crippen molar-refractivity contribution in [3.05, 3.63) is 23.8 Å². The van der Waals surface area contributed by atoms with Crippen LogP contribution in [-0.2, 0) is 16.1 Å². The Hall–Kier alpha value is -1.75. The molecule has 0 radical (unpaired) electrons. The Morgan fingerprint density at radius 3 is 2.50 bits per heavy atom. The third-order valence-corrected chi connectivity index (χ3v) is 4.30. The number of hydrogen-bond acceptors (Lipinski definition) is 4. The summed E-state index contributed by atoms with van der Waals surface area (Å²) in [6.07, 6.45) is 4.58. The van der Waals surface area contributed by atoms with Gasteiger partial charge < -0.3 is 19.1 Å². The van der Waals surface area contributed by atoms with E-state index in [2.05, 4.69) is 0 Å². The van der Waals surface area contributed by atoms with E-state index < -0.39 is 0 Å². The fraction of sp³-hybridized carbons (Fsp3) is 0.632. The topological polar surface area (TPSA) is 48.0 Å². The average Bonchev–Trinajstić information content (AvgIpc) is 3.06. The largest absolute Gasteiger partial charge is 0.493 e. The van der Waals surface area contributed by atoms with E-state index in [0.29, 0.717) is 18.3 Å². The minimum absolute atomic E-state index is 0.0477. The quantitative estimate of drug-likeness (QED) is 0.730. The fourth-order valence-electron chi connectivity index (χ4n) is 3.21. The second kappa shape index (κ2) is 8.92. The van der Waals surface area contributed by atoms with Gasteiger partial charge in [-0.2, -0.15) is 0 Å². The van der Waals surface area contributed by atoms with Gasteiger partial charge >= 0.3 is 0 Å². The number of rotatable bonds is 8. The molecule has 24 heavy (non-hydrogen) atoms. The van der Waals surface area contributed by atoms with Crippen LogP contribution in [0, 0.1) is 0 Å². The van der Waals surface area contributed by atoms with Crippen molar-refractivity contribution >= 4 is 5.91 Å². The molecule has 0 saturated heterocycles. The van der Waals surface area contributed by atoms with Crippen molar-refractivity contribution in [1.29, 1.82) is 0 Å². The number of nitrogens with zero attached hydrogens (tertiary/aromatic N) is 1. The van der Waals surface area contributed by atoms with Gasteiger partial charge in [-0.3, -0.25) is 4.79 Å². The molecule has 1 saturated carbocycles. The van der Waals surface area contributed by atoms with Crippen molar-refractivity contribution in [2.45, 2.75) is 58.2 Å². The fourth-order valence-corrected chi connectivity index (χ4v) is 3.21. The number of hydrogen-bond donors (Lipinski definition) is 0. The molecule has 1 amide bonds. The maximum Gasteiger partial charge on any atom is 0.249 e. The molecule has 0 aromatic heterocycles. The SMILES string of the molecule is COCC(=O)N(Cc1ccc(OC)c(OC(C)C)c1)C1CCCC1. The number of carbonyl (C=O) groups excluding carboxylic acids is 1. The Morgan fingerprint density at radius 2 is 1.92 bits per heavy atom. The zero-order chi connectivity index (χ0) is 17.5. The number of amides is 1. The average molecular weight is 335 g/mol. The highest BCUT2D eigenvalue weighted by Crippen LogP contribution is 2.31. The summed E-state index contributed by atoms with van der Waals surface area (Å²) in [7, 11) is 3.20. The number of benzene rings is 1. The van der Waals surface area contributed by atoms with E-state index in [4.69, 9.17) is 14.2 Å². The molecule has 5 heteroatoms. The minimum Gasteiger partial charge on any atom is -0.493 e. The van der Waals surface area contributed by atoms with Gasteiger partial charge in [0.2, 0.25) is 5.91 Å². The molecule has 1 aliphatic carbocycles. The zero-order valence-corrected chi connectivity index (χ0v) is 15.2. The third-order valence-electron chi connectivity index (χ3n) is 4.30. The summed E-state index contributed by atoms with van der Waals surface area (Å²) in [4.78, 5) is 14.4. The Bertz CT molecular complexity index is 538. The van der Waals surface area contributed by atoms with Crippen molar-refractivity contribution in [3.8, 4) is 11.5 Å². The summed E-state index contributed by atoms with van der Waals surface area (Å²) in [6, 6.07) is 6.18. The summed E-state index contributed by atoms with van der Waals surface area (Å²) in [5.74, 6) is 1.48. The van der Waals surface area contributed by atoms with Crippen LogP contribution in [0.1, 0.15) is 45.1 Å². The van der Waals surface area contributed by atoms with Gasteiger partial charge in [-0.15, -0.1) is 0 Å². The van der Waals surface area contributed by atoms with Crippen LogP contribution < -0.4 is 9.47 Å². The molecule has 1 fully saturated rings. The van der Waals surface area contributed by atoms with Crippen molar-refractivity contribution < 1.29 is 19.0 Å². The van der Waals surface area contributed by atoms with Crippen LogP contribution in [0.3, 0.4) is 0 Å². The van der Waals surface area contributed by atoms with Crippen LogP contribution in [0.5, 0.6) is 11.5 Å². The van der Waals surface area contributed by atoms with Crippen molar-refractivity contribution in [3.63, 3.8) is 0 Å². The lowest BCUT2D eigenvalue weighted by molar-refractivity contribution is -0.138. The maximum absolute atomic E-state index is 12.5. The summed E-state index contributed by atoms with van der Waals surface area (Å²) in [6.45, 7) is 4.67. The Kier molecular flexibility index (Phi) is 6.91. The van der Waals surface area contributed by atoms with Gasteiger partial charge in [-0.25, -0.2) is 0 Å². The van der Waals surface area contributed by atoms with Crippen LogP contribution in [0.2, 0.25) is 0 Å². The van der Waals surface area contributed by atoms with E-state index in [1.165, 1.54) is 12.8 Å². The van der Waals surface area contributed by atoms with Gasteiger partial charge in [0.1, 0.15) is 6.61 Å². The standard InChI is InChI=1S/C19H29NO4/c1-14(2)24-18-11-15(9-10-17(18)23-4)12-20(19(21)13-22-3)16-7-5-6-8-16/h9-11,14,16H,5-8,12-13H2,1-4H3. The highest BCUT2D eigenvalue weighted by Gasteiger charge is 2.26. The van der Waals surface area contributed by atoms with Gasteiger partial charge in [0.15, 0.2) is 11.5 Å². The smallest absolute Gasteiger partial charge is 0.249 e. The molecule has 1 aromatic rings. The zero-order valence-electron chi connectivity index (χ0n) is 15.2. The number of methoxy groups -OCH3 is 2. The van der Waals surface area contributed by atoms with Crippen molar-refractivity contribution in [2.24, 2.45) is 0 Å². The van der Waals surface area contributed by atoms with Crippen LogP contribution >= 0.6 is 0 Å². The molecule has 1 aromatic carbocycles. The summed E-state index contributed by atoms with van der Waals surface area (Å²) < 4.78 is 16.3. The van der Waals surface area contributed by atoms with Gasteiger partial charge in [-0.1, -0.05) is 18.9 Å². The van der Waals surface area contributed by atoms with E-state index >= 15 is 0 Å². The Labute approximate surface area is 144 Å². The monoisotopic (exact) mass is 335 g/mol. The van der Waals surface area contributed by atoms with E-state index in [1.807, 2.05) is 36.9 Å². The number of carbonyl (C=O) groups is 1. The molecule has 0 N–H and O–H groups in total. The third kappa shape index (κ3) is 4.87. The van der Waals surface area contributed by atoms with Crippen molar-refractivity contribution in [2.75, 3.05) is 20.8 Å². The molecule has 1 aliphatic rings. The predicted octanol–water partition coefficient (Wildman–Crippen LogP) is 3.40. The Balaban J connectivity index is 2.19. The van der Waals surface area contributed by atoms with Gasteiger partial charge in [-0.05, 0) is 44.4 Å². The summed E-state index contributed by atoms with van der Waals surface area (Å²) in [5.41, 5.74) is 1.04. The summed E-state index contributed by atoms with van der Waals surface area (Å²) >= 11 is 0. The van der Waals surface area contributed by atoms with Crippen LogP contribution in [0.15, 0.2) is 18.2 Å². The molecular formula is C19H29NO4. The normalized spacial score (nSPS) is 14.9. The lowest BCUT2D eigenvalue weighted by Gasteiger charge is -2.29. The summed E-state index contributed by atoms with van der Waals surface area (Å²) in [5, 5.41) is 0. The Morgan fingerprint density at radius 1 is 1.21 bits per heavy atom. The molecule has 0 aliphatic heterocycles. The second-order valence-electron chi connectivity index (χ2n) is 6.54. The second-order valence-corrected chi connectivity index (χ2v) is 6.54. The predicted molar refractivity (Wildman–Crippen MR) is 93.4 cm³/mol. The van der Waals surface area contributed by atoms with E-state index in [0.717, 1.165) is 24.2 Å². The first-order chi connectivity index (χ1) is 11.5. The van der Waals surface area contributed by atoms with E-state index in [9.17, 15) is 4.79 Å². The molecule has 0 atom stereocenters. The minimum atomic E-state index is 0.0477. The molecule has 0 unspecified atom stereocenters. The highest BCUT2D eigenvalue weighted by atomic mass is 16.5. The van der Waals surface area contributed by atoms with Crippen LogP contribution in [0.25, 0.3) is 0 Å². The van der Waals surface area contributed by atoms with Crippen LogP contribution in [0.4, 0.5) is 0 Å². The first-order valence-corrected chi connectivity index (χ1v) is 8.67. The number of ether oxygens (including phenoxy) is 3. The molecule has 0 heterocycles. The molecule has 134 valence electrons. The molecule has 0 spiro atoms. The van der Waals surface area contributed by atoms with Gasteiger partial charge in [0.25, 0.3) is 0 Å². The molecule has 5 nitrogen and oxygen atoms in total. The van der Waals surface area contributed by atoms with Gasteiger partial charge in [0, 0.05) is 19.7 Å². The first-order valence-electron chi connectivity index (χ1n) is 8.67. The lowest BCUT2D eigenvalue weighted by atomic mass is 10.1. The van der Waals surface area contributed by atoms with E-state index in [1.54, 1.807) is 14.2 Å². The van der Waals surface area contributed by atoms with Crippen LogP contribution in [-0.4, -0.2) is 43.8 Å². The molecule has 0 bridgehead atoms. The van der Waals surface area contributed by atoms with Crippen molar-refractivity contribution in [1.82, 2.24) is 4.90 Å². The highest BCUT2D eigenvalue weighted by molar-refractivity contribution is 5.77. The molecular weight excluding hydrogens is 306 g/mol. The maximum atomic E-state index is 12.5. The molecule has 2 rings (SSSR count).